The van der Waals surface area contributed by atoms with Crippen LogP contribution in [0, 0.1) is 11.6 Å². The third kappa shape index (κ3) is 3.20. The molecule has 2 rings (SSSR count). The van der Waals surface area contributed by atoms with Crippen molar-refractivity contribution in [3.8, 4) is 11.1 Å². The van der Waals surface area contributed by atoms with E-state index in [-0.39, 0.29) is 21.8 Å². The van der Waals surface area contributed by atoms with Crippen LogP contribution in [-0.4, -0.2) is 11.2 Å². The zero-order chi connectivity index (χ0) is 14.0. The first-order valence-electron chi connectivity index (χ1n) is 5.21. The lowest BCUT2D eigenvalue weighted by Gasteiger charge is -2.10. The average Bonchev–Trinajstić information content (AvgIpc) is 2.29. The van der Waals surface area contributed by atoms with Crippen molar-refractivity contribution in [1.82, 2.24) is 0 Å². The van der Waals surface area contributed by atoms with E-state index >= 15 is 0 Å². The molecule has 0 bridgehead atoms. The number of rotatable bonds is 2. The minimum Gasteiger partial charge on any atom is -0.465 e. The van der Waals surface area contributed by atoms with E-state index in [4.69, 9.17) is 16.7 Å². The van der Waals surface area contributed by atoms with Gasteiger partial charge in [-0.2, -0.15) is 0 Å². The molecule has 0 fully saturated rings. The highest BCUT2D eigenvalue weighted by Crippen LogP contribution is 2.31. The van der Waals surface area contributed by atoms with Crippen LogP contribution in [0.5, 0.6) is 0 Å². The molecular formula is C13H8ClF2NO2. The number of benzene rings is 2. The van der Waals surface area contributed by atoms with Gasteiger partial charge in [0.2, 0.25) is 0 Å². The van der Waals surface area contributed by atoms with Crippen molar-refractivity contribution in [2.24, 2.45) is 0 Å². The molecule has 0 aromatic heterocycles. The Balaban J connectivity index is 2.58. The molecule has 1 amide bonds. The molecule has 0 saturated carbocycles. The topological polar surface area (TPSA) is 49.3 Å². The summed E-state index contributed by atoms with van der Waals surface area (Å²) in [6.45, 7) is 0. The minimum absolute atomic E-state index is 0.139. The van der Waals surface area contributed by atoms with Crippen LogP contribution in [0.4, 0.5) is 19.3 Å². The summed E-state index contributed by atoms with van der Waals surface area (Å²) in [4.78, 5) is 10.7. The van der Waals surface area contributed by atoms with Gasteiger partial charge in [0.05, 0.1) is 5.69 Å². The average molecular weight is 284 g/mol. The van der Waals surface area contributed by atoms with Crippen molar-refractivity contribution in [3.63, 3.8) is 0 Å². The van der Waals surface area contributed by atoms with Gasteiger partial charge in [0.1, 0.15) is 11.6 Å². The van der Waals surface area contributed by atoms with Gasteiger partial charge in [0.25, 0.3) is 0 Å². The van der Waals surface area contributed by atoms with Crippen LogP contribution in [0.15, 0.2) is 36.4 Å². The van der Waals surface area contributed by atoms with Crippen molar-refractivity contribution in [2.45, 2.75) is 0 Å². The summed E-state index contributed by atoms with van der Waals surface area (Å²) < 4.78 is 26.6. The molecule has 0 atom stereocenters. The second kappa shape index (κ2) is 5.24. The number of anilines is 1. The van der Waals surface area contributed by atoms with Crippen LogP contribution in [0.2, 0.25) is 5.02 Å². The summed E-state index contributed by atoms with van der Waals surface area (Å²) in [5, 5.41) is 11.0. The molecule has 6 heteroatoms. The predicted octanol–water partition coefficient (Wildman–Crippen LogP) is 4.38. The summed E-state index contributed by atoms with van der Waals surface area (Å²) >= 11 is 5.73. The quantitative estimate of drug-likeness (QED) is 0.859. The molecular weight excluding hydrogens is 276 g/mol. The first kappa shape index (κ1) is 13.3. The third-order valence-electron chi connectivity index (χ3n) is 2.40. The lowest BCUT2D eigenvalue weighted by molar-refractivity contribution is 0.210. The molecule has 0 spiro atoms. The van der Waals surface area contributed by atoms with Crippen molar-refractivity contribution >= 4 is 23.4 Å². The fraction of sp³-hybridized carbons (Fsp3) is 0. The van der Waals surface area contributed by atoms with Crippen LogP contribution >= 0.6 is 11.6 Å². The van der Waals surface area contributed by atoms with Gasteiger partial charge in [0.15, 0.2) is 0 Å². The number of nitrogens with one attached hydrogen (secondary N) is 1. The van der Waals surface area contributed by atoms with Crippen LogP contribution in [-0.2, 0) is 0 Å². The number of carbonyl (C=O) groups is 1. The Morgan fingerprint density at radius 3 is 2.47 bits per heavy atom. The number of hydrogen-bond donors (Lipinski definition) is 2. The Bertz CT molecular complexity index is 626. The normalized spacial score (nSPS) is 10.3. The largest absolute Gasteiger partial charge is 0.465 e. The Morgan fingerprint density at radius 1 is 1.11 bits per heavy atom. The molecule has 2 aromatic rings. The van der Waals surface area contributed by atoms with E-state index in [1.54, 1.807) is 0 Å². The fourth-order valence-electron chi connectivity index (χ4n) is 1.69. The standard InChI is InChI=1S/C13H8ClF2NO2/c14-8-3-7(4-10(16)5-8)11-6-9(15)1-2-12(11)17-13(18)19/h1-6,17H,(H,18,19). The maximum atomic E-state index is 13.3. The van der Waals surface area contributed by atoms with Gasteiger partial charge < -0.3 is 5.11 Å². The van der Waals surface area contributed by atoms with Gasteiger partial charge in [-0.25, -0.2) is 13.6 Å². The molecule has 0 saturated heterocycles. The molecule has 0 unspecified atom stereocenters. The van der Waals surface area contributed by atoms with E-state index in [1.165, 1.54) is 12.1 Å². The van der Waals surface area contributed by atoms with Gasteiger partial charge in [-0.15, -0.1) is 0 Å². The second-order valence-electron chi connectivity index (χ2n) is 3.78. The Hall–Kier alpha value is -2.14. The summed E-state index contributed by atoms with van der Waals surface area (Å²) in [6, 6.07) is 7.15. The van der Waals surface area contributed by atoms with E-state index in [2.05, 4.69) is 5.32 Å². The predicted molar refractivity (Wildman–Crippen MR) is 68.5 cm³/mol. The zero-order valence-electron chi connectivity index (χ0n) is 9.45. The summed E-state index contributed by atoms with van der Waals surface area (Å²) in [6.07, 6.45) is -1.30. The molecule has 0 aliphatic carbocycles. The number of hydrogen-bond acceptors (Lipinski definition) is 1. The van der Waals surface area contributed by atoms with E-state index in [9.17, 15) is 13.6 Å². The number of carboxylic acid groups (broad SMARTS) is 1. The lowest BCUT2D eigenvalue weighted by atomic mass is 10.0. The summed E-state index contributed by atoms with van der Waals surface area (Å²) in [5.41, 5.74) is 0.646. The maximum Gasteiger partial charge on any atom is 0.409 e. The second-order valence-corrected chi connectivity index (χ2v) is 4.21. The van der Waals surface area contributed by atoms with Gasteiger partial charge in [-0.05, 0) is 42.0 Å². The molecule has 0 aliphatic heterocycles. The van der Waals surface area contributed by atoms with Gasteiger partial charge in [-0.1, -0.05) is 11.6 Å². The highest BCUT2D eigenvalue weighted by atomic mass is 35.5. The Morgan fingerprint density at radius 2 is 1.84 bits per heavy atom. The smallest absolute Gasteiger partial charge is 0.409 e. The van der Waals surface area contributed by atoms with Crippen molar-refractivity contribution in [2.75, 3.05) is 5.32 Å². The highest BCUT2D eigenvalue weighted by Gasteiger charge is 2.11. The minimum atomic E-state index is -1.30. The van der Waals surface area contributed by atoms with Crippen molar-refractivity contribution in [3.05, 3.63) is 53.1 Å². The van der Waals surface area contributed by atoms with Crippen LogP contribution in [0.3, 0.4) is 0 Å². The molecule has 3 nitrogen and oxygen atoms in total. The van der Waals surface area contributed by atoms with E-state index < -0.39 is 17.7 Å². The van der Waals surface area contributed by atoms with E-state index in [0.717, 1.165) is 24.3 Å². The molecule has 98 valence electrons. The molecule has 2 N–H and O–H groups in total. The van der Waals surface area contributed by atoms with Gasteiger partial charge >= 0.3 is 6.09 Å². The Labute approximate surface area is 112 Å². The molecule has 0 aliphatic rings. The number of amides is 1. The van der Waals surface area contributed by atoms with Crippen molar-refractivity contribution < 1.29 is 18.7 Å². The summed E-state index contributed by atoms with van der Waals surface area (Å²) in [5.74, 6) is -1.15. The maximum absolute atomic E-state index is 13.3. The summed E-state index contributed by atoms with van der Waals surface area (Å²) in [7, 11) is 0. The molecule has 19 heavy (non-hydrogen) atoms. The van der Waals surface area contributed by atoms with Gasteiger partial charge in [0, 0.05) is 10.6 Å². The number of halogens is 3. The van der Waals surface area contributed by atoms with Crippen LogP contribution < -0.4 is 5.32 Å². The first-order valence-corrected chi connectivity index (χ1v) is 5.59. The first-order chi connectivity index (χ1) is 8.95. The molecule has 0 radical (unpaired) electrons. The van der Waals surface area contributed by atoms with E-state index in [0.29, 0.717) is 0 Å². The lowest BCUT2D eigenvalue weighted by Crippen LogP contribution is -2.08. The van der Waals surface area contributed by atoms with E-state index in [1.807, 2.05) is 0 Å². The Kier molecular flexibility index (Phi) is 3.66. The molecule has 0 heterocycles. The SMILES string of the molecule is O=C(O)Nc1ccc(F)cc1-c1cc(F)cc(Cl)c1. The molecule has 2 aromatic carbocycles. The fourth-order valence-corrected chi connectivity index (χ4v) is 1.91. The van der Waals surface area contributed by atoms with Gasteiger partial charge in [-0.3, -0.25) is 5.32 Å². The van der Waals surface area contributed by atoms with Crippen molar-refractivity contribution in [1.29, 1.82) is 0 Å². The third-order valence-corrected chi connectivity index (χ3v) is 2.61. The van der Waals surface area contributed by atoms with Crippen LogP contribution in [0.25, 0.3) is 11.1 Å². The highest BCUT2D eigenvalue weighted by molar-refractivity contribution is 6.30. The monoisotopic (exact) mass is 283 g/mol. The van der Waals surface area contributed by atoms with Crippen LogP contribution in [0.1, 0.15) is 0 Å². The zero-order valence-corrected chi connectivity index (χ0v) is 10.2.